The number of thiophene rings is 1. The molecule has 3 atom stereocenters. The molecule has 1 fully saturated rings. The van der Waals surface area contributed by atoms with Crippen LogP contribution in [0.2, 0.25) is 0 Å². The molecule has 14 heavy (non-hydrogen) atoms. The van der Waals surface area contributed by atoms with E-state index in [1.807, 2.05) is 11.3 Å². The van der Waals surface area contributed by atoms with E-state index in [9.17, 15) is 0 Å². The molecule has 1 aromatic rings. The van der Waals surface area contributed by atoms with Crippen molar-refractivity contribution >= 4 is 11.3 Å². The van der Waals surface area contributed by atoms with Crippen LogP contribution in [0.25, 0.3) is 0 Å². The SMILES string of the molecule is Cc1ccc([C@@H]2C[C@@H](N)C[C@H](C)N2)s1. The normalized spacial score (nSPS) is 33.2. The third-order valence-corrected chi connectivity index (χ3v) is 3.90. The topological polar surface area (TPSA) is 38.0 Å². The van der Waals surface area contributed by atoms with Crippen LogP contribution < -0.4 is 11.1 Å². The molecule has 1 aromatic heterocycles. The molecule has 1 aliphatic heterocycles. The largest absolute Gasteiger partial charge is 0.328 e. The van der Waals surface area contributed by atoms with E-state index in [1.54, 1.807) is 0 Å². The van der Waals surface area contributed by atoms with Gasteiger partial charge >= 0.3 is 0 Å². The number of piperidine rings is 1. The first-order valence-corrected chi connectivity index (χ1v) is 6.05. The first-order valence-electron chi connectivity index (χ1n) is 5.23. The van der Waals surface area contributed by atoms with Crippen LogP contribution in [0, 0.1) is 6.92 Å². The highest BCUT2D eigenvalue weighted by molar-refractivity contribution is 7.12. The molecule has 0 aromatic carbocycles. The zero-order chi connectivity index (χ0) is 10.1. The molecule has 0 radical (unpaired) electrons. The molecule has 0 amide bonds. The highest BCUT2D eigenvalue weighted by Gasteiger charge is 2.25. The predicted molar refractivity (Wildman–Crippen MR) is 61.6 cm³/mol. The number of hydrogen-bond acceptors (Lipinski definition) is 3. The van der Waals surface area contributed by atoms with Crippen molar-refractivity contribution in [2.75, 3.05) is 0 Å². The second-order valence-electron chi connectivity index (χ2n) is 4.30. The lowest BCUT2D eigenvalue weighted by atomic mass is 9.94. The fourth-order valence-corrected chi connectivity index (χ4v) is 3.12. The van der Waals surface area contributed by atoms with Crippen LogP contribution in [0.1, 0.15) is 35.6 Å². The minimum atomic E-state index is 0.360. The summed E-state index contributed by atoms with van der Waals surface area (Å²) in [6, 6.07) is 5.80. The maximum absolute atomic E-state index is 6.02. The van der Waals surface area contributed by atoms with Gasteiger partial charge in [-0.25, -0.2) is 0 Å². The summed E-state index contributed by atoms with van der Waals surface area (Å²) in [5.74, 6) is 0. The molecule has 1 saturated heterocycles. The monoisotopic (exact) mass is 210 g/mol. The summed E-state index contributed by atoms with van der Waals surface area (Å²) in [5.41, 5.74) is 6.02. The Bertz CT molecular complexity index is 298. The molecule has 0 aliphatic carbocycles. The summed E-state index contributed by atoms with van der Waals surface area (Å²) in [4.78, 5) is 2.82. The summed E-state index contributed by atoms with van der Waals surface area (Å²) in [6.07, 6.45) is 2.17. The zero-order valence-corrected chi connectivity index (χ0v) is 9.60. The van der Waals surface area contributed by atoms with Crippen LogP contribution in [0.15, 0.2) is 12.1 Å². The molecule has 0 saturated carbocycles. The first-order chi connectivity index (χ1) is 6.65. The summed E-state index contributed by atoms with van der Waals surface area (Å²) in [6.45, 7) is 4.37. The van der Waals surface area contributed by atoms with Crippen molar-refractivity contribution in [3.05, 3.63) is 21.9 Å². The van der Waals surface area contributed by atoms with Gasteiger partial charge in [-0.1, -0.05) is 0 Å². The number of hydrogen-bond donors (Lipinski definition) is 2. The molecule has 3 heteroatoms. The second kappa shape index (κ2) is 4.01. The molecular weight excluding hydrogens is 192 g/mol. The van der Waals surface area contributed by atoms with Crippen molar-refractivity contribution in [2.45, 2.75) is 44.8 Å². The molecular formula is C11H18N2S. The molecule has 0 unspecified atom stereocenters. The summed E-state index contributed by atoms with van der Waals surface area (Å²) in [7, 11) is 0. The van der Waals surface area contributed by atoms with Crippen LogP contribution in [0.3, 0.4) is 0 Å². The van der Waals surface area contributed by atoms with E-state index >= 15 is 0 Å². The van der Waals surface area contributed by atoms with Crippen LogP contribution in [-0.2, 0) is 0 Å². The number of nitrogens with two attached hydrogens (primary N) is 1. The van der Waals surface area contributed by atoms with E-state index in [0.29, 0.717) is 18.1 Å². The lowest BCUT2D eigenvalue weighted by molar-refractivity contribution is 0.310. The Hall–Kier alpha value is -0.380. The second-order valence-corrected chi connectivity index (χ2v) is 5.62. The Morgan fingerprint density at radius 1 is 1.43 bits per heavy atom. The Labute approximate surface area is 89.5 Å². The molecule has 0 spiro atoms. The Morgan fingerprint density at radius 3 is 2.79 bits per heavy atom. The van der Waals surface area contributed by atoms with Crippen LogP contribution >= 0.6 is 11.3 Å². The standard InChI is InChI=1S/C11H18N2S/c1-7-5-9(12)6-10(13-7)11-4-3-8(2)14-11/h3-4,7,9-10,13H,5-6,12H2,1-2H3/t7-,9-,10-/m0/s1. The summed E-state index contributed by atoms with van der Waals surface area (Å²) < 4.78 is 0. The number of aryl methyl sites for hydroxylation is 1. The third-order valence-electron chi connectivity index (χ3n) is 2.79. The van der Waals surface area contributed by atoms with E-state index in [2.05, 4.69) is 31.3 Å². The van der Waals surface area contributed by atoms with Gasteiger partial charge in [-0.05, 0) is 38.8 Å². The van der Waals surface area contributed by atoms with Gasteiger partial charge in [0.1, 0.15) is 0 Å². The lowest BCUT2D eigenvalue weighted by Gasteiger charge is -2.32. The highest BCUT2D eigenvalue weighted by Crippen LogP contribution is 2.29. The molecule has 2 rings (SSSR count). The van der Waals surface area contributed by atoms with E-state index in [0.717, 1.165) is 12.8 Å². The van der Waals surface area contributed by atoms with Crippen LogP contribution in [0.5, 0.6) is 0 Å². The van der Waals surface area contributed by atoms with Crippen molar-refractivity contribution in [1.29, 1.82) is 0 Å². The minimum Gasteiger partial charge on any atom is -0.328 e. The van der Waals surface area contributed by atoms with Crippen molar-refractivity contribution in [1.82, 2.24) is 5.32 Å². The van der Waals surface area contributed by atoms with Gasteiger partial charge in [0, 0.05) is 27.9 Å². The fraction of sp³-hybridized carbons (Fsp3) is 0.636. The Balaban J connectivity index is 2.10. The van der Waals surface area contributed by atoms with Crippen molar-refractivity contribution in [2.24, 2.45) is 5.73 Å². The van der Waals surface area contributed by atoms with Gasteiger partial charge < -0.3 is 11.1 Å². The molecule has 2 nitrogen and oxygen atoms in total. The summed E-state index contributed by atoms with van der Waals surface area (Å²) >= 11 is 1.88. The van der Waals surface area contributed by atoms with E-state index < -0.39 is 0 Å². The van der Waals surface area contributed by atoms with Gasteiger partial charge in [0.15, 0.2) is 0 Å². The van der Waals surface area contributed by atoms with E-state index in [1.165, 1.54) is 9.75 Å². The molecule has 1 aliphatic rings. The van der Waals surface area contributed by atoms with Gasteiger partial charge in [-0.15, -0.1) is 11.3 Å². The van der Waals surface area contributed by atoms with Gasteiger partial charge in [-0.3, -0.25) is 0 Å². The Morgan fingerprint density at radius 2 is 2.21 bits per heavy atom. The number of nitrogens with one attached hydrogen (secondary N) is 1. The molecule has 0 bridgehead atoms. The Kier molecular flexibility index (Phi) is 2.91. The van der Waals surface area contributed by atoms with E-state index in [4.69, 9.17) is 5.73 Å². The predicted octanol–water partition coefficient (Wildman–Crippen LogP) is 2.20. The highest BCUT2D eigenvalue weighted by atomic mass is 32.1. The van der Waals surface area contributed by atoms with Gasteiger partial charge in [-0.2, -0.15) is 0 Å². The van der Waals surface area contributed by atoms with Gasteiger partial charge in [0.25, 0.3) is 0 Å². The van der Waals surface area contributed by atoms with Gasteiger partial charge in [0.2, 0.25) is 0 Å². The fourth-order valence-electron chi connectivity index (χ4n) is 2.17. The average Bonchev–Trinajstić information content (AvgIpc) is 2.50. The third kappa shape index (κ3) is 2.16. The van der Waals surface area contributed by atoms with Crippen LogP contribution in [0.4, 0.5) is 0 Å². The quantitative estimate of drug-likeness (QED) is 0.745. The van der Waals surface area contributed by atoms with Crippen molar-refractivity contribution in [3.63, 3.8) is 0 Å². The molecule has 3 N–H and O–H groups in total. The van der Waals surface area contributed by atoms with E-state index in [-0.39, 0.29) is 0 Å². The maximum atomic E-state index is 6.02. The average molecular weight is 210 g/mol. The number of rotatable bonds is 1. The smallest absolute Gasteiger partial charge is 0.0431 e. The maximum Gasteiger partial charge on any atom is 0.0431 e. The van der Waals surface area contributed by atoms with Crippen molar-refractivity contribution < 1.29 is 0 Å². The van der Waals surface area contributed by atoms with Crippen molar-refractivity contribution in [3.8, 4) is 0 Å². The lowest BCUT2D eigenvalue weighted by Crippen LogP contribution is -2.43. The zero-order valence-electron chi connectivity index (χ0n) is 8.79. The molecule has 2 heterocycles. The van der Waals surface area contributed by atoms with Gasteiger partial charge in [0.05, 0.1) is 0 Å². The minimum absolute atomic E-state index is 0.360. The van der Waals surface area contributed by atoms with Crippen LogP contribution in [-0.4, -0.2) is 12.1 Å². The summed E-state index contributed by atoms with van der Waals surface area (Å²) in [5, 5.41) is 3.61. The first kappa shape index (κ1) is 10.1. The molecule has 78 valence electrons.